The number of anilines is 4. The number of nitrogens with zero attached hydrogens (tertiary/aromatic N) is 3. The third kappa shape index (κ3) is 4.86. The van der Waals surface area contributed by atoms with Crippen LogP contribution in [0.15, 0.2) is 59.6 Å². The lowest BCUT2D eigenvalue weighted by molar-refractivity contribution is 0.392. The van der Waals surface area contributed by atoms with Gasteiger partial charge in [-0.25, -0.2) is 8.42 Å². The summed E-state index contributed by atoms with van der Waals surface area (Å²) in [6.45, 7) is 2.05. The van der Waals surface area contributed by atoms with Gasteiger partial charge < -0.3 is 19.7 Å². The summed E-state index contributed by atoms with van der Waals surface area (Å²) in [6.07, 6.45) is 4.13. The highest BCUT2D eigenvalue weighted by molar-refractivity contribution is 7.92. The van der Waals surface area contributed by atoms with Crippen LogP contribution < -0.4 is 24.4 Å². The van der Waals surface area contributed by atoms with Gasteiger partial charge in [0.2, 0.25) is 0 Å². The maximum atomic E-state index is 12.9. The zero-order valence-corrected chi connectivity index (χ0v) is 18.7. The molecule has 4 rings (SSSR count). The van der Waals surface area contributed by atoms with Crippen molar-refractivity contribution in [1.82, 2.24) is 10.2 Å². The van der Waals surface area contributed by atoms with Gasteiger partial charge in [-0.15, -0.1) is 5.10 Å². The van der Waals surface area contributed by atoms with Crippen LogP contribution >= 0.6 is 0 Å². The standard InChI is InChI=1S/C22H25N5O4S/c1-30-19-9-10-20(31-2)21(14-19)32(28,29)26-17-7-5-16(6-8-17)24-22-13-18(15-23-25-22)27-11-3-4-12-27/h5-10,13-15,26H,3-4,11-12H2,1-2H3,(H,24,25). The summed E-state index contributed by atoms with van der Waals surface area (Å²) in [5.41, 5.74) is 2.22. The molecule has 0 bridgehead atoms. The molecular weight excluding hydrogens is 430 g/mol. The Morgan fingerprint density at radius 3 is 2.34 bits per heavy atom. The zero-order valence-electron chi connectivity index (χ0n) is 17.9. The van der Waals surface area contributed by atoms with Crippen molar-refractivity contribution >= 4 is 32.9 Å². The van der Waals surface area contributed by atoms with E-state index in [0.717, 1.165) is 24.5 Å². The van der Waals surface area contributed by atoms with Gasteiger partial charge in [0.05, 0.1) is 26.1 Å². The van der Waals surface area contributed by atoms with Gasteiger partial charge in [-0.1, -0.05) is 0 Å². The molecule has 2 aromatic carbocycles. The second-order valence-electron chi connectivity index (χ2n) is 7.32. The third-order valence-corrected chi connectivity index (χ3v) is 6.58. The van der Waals surface area contributed by atoms with Gasteiger partial charge >= 0.3 is 0 Å². The summed E-state index contributed by atoms with van der Waals surface area (Å²) >= 11 is 0. The molecule has 0 amide bonds. The Morgan fingerprint density at radius 1 is 0.938 bits per heavy atom. The van der Waals surface area contributed by atoms with E-state index in [2.05, 4.69) is 25.1 Å². The number of hydrogen-bond donors (Lipinski definition) is 2. The third-order valence-electron chi connectivity index (χ3n) is 5.18. The minimum atomic E-state index is -3.88. The number of aromatic nitrogens is 2. The summed E-state index contributed by atoms with van der Waals surface area (Å²) in [7, 11) is -0.984. The van der Waals surface area contributed by atoms with Crippen LogP contribution in [0.5, 0.6) is 11.5 Å². The van der Waals surface area contributed by atoms with Gasteiger partial charge in [-0.3, -0.25) is 4.72 Å². The molecule has 0 unspecified atom stereocenters. The average molecular weight is 456 g/mol. The minimum Gasteiger partial charge on any atom is -0.497 e. The summed E-state index contributed by atoms with van der Waals surface area (Å²) in [5.74, 6) is 1.28. The number of benzene rings is 2. The number of rotatable bonds is 8. The molecule has 0 saturated carbocycles. The molecule has 32 heavy (non-hydrogen) atoms. The van der Waals surface area contributed by atoms with E-state index >= 15 is 0 Å². The highest BCUT2D eigenvalue weighted by atomic mass is 32.2. The highest BCUT2D eigenvalue weighted by Gasteiger charge is 2.21. The average Bonchev–Trinajstić information content (AvgIpc) is 3.35. The van der Waals surface area contributed by atoms with Crippen molar-refractivity contribution in [2.24, 2.45) is 0 Å². The van der Waals surface area contributed by atoms with E-state index in [1.54, 1.807) is 42.6 Å². The van der Waals surface area contributed by atoms with Gasteiger partial charge in [0, 0.05) is 36.6 Å². The first-order chi connectivity index (χ1) is 15.5. The van der Waals surface area contributed by atoms with E-state index in [1.807, 2.05) is 6.07 Å². The van der Waals surface area contributed by atoms with Gasteiger partial charge in [0.1, 0.15) is 16.4 Å². The molecule has 0 spiro atoms. The van der Waals surface area contributed by atoms with E-state index in [-0.39, 0.29) is 10.6 Å². The molecule has 10 heteroatoms. The highest BCUT2D eigenvalue weighted by Crippen LogP contribution is 2.30. The predicted molar refractivity (Wildman–Crippen MR) is 124 cm³/mol. The van der Waals surface area contributed by atoms with Gasteiger partial charge in [-0.2, -0.15) is 5.10 Å². The molecule has 1 saturated heterocycles. The summed E-state index contributed by atoms with van der Waals surface area (Å²) in [6, 6.07) is 13.5. The minimum absolute atomic E-state index is 0.00412. The van der Waals surface area contributed by atoms with Crippen molar-refractivity contribution in [2.75, 3.05) is 42.2 Å². The fourth-order valence-corrected chi connectivity index (χ4v) is 4.78. The summed E-state index contributed by atoms with van der Waals surface area (Å²) in [4.78, 5) is 2.28. The lowest BCUT2D eigenvalue weighted by atomic mass is 10.3. The Kier molecular flexibility index (Phi) is 6.31. The monoisotopic (exact) mass is 455 g/mol. The Labute approximate surface area is 187 Å². The number of hydrogen-bond acceptors (Lipinski definition) is 8. The number of sulfonamides is 1. The number of nitrogens with one attached hydrogen (secondary N) is 2. The van der Waals surface area contributed by atoms with Crippen molar-refractivity contribution in [3.05, 3.63) is 54.7 Å². The molecule has 2 N–H and O–H groups in total. The van der Waals surface area contributed by atoms with Crippen LogP contribution in [0.1, 0.15) is 12.8 Å². The molecule has 1 aromatic heterocycles. The maximum absolute atomic E-state index is 12.9. The van der Waals surface area contributed by atoms with Crippen LogP contribution in [-0.2, 0) is 10.0 Å². The second kappa shape index (κ2) is 9.31. The van der Waals surface area contributed by atoms with Crippen LogP contribution in [-0.4, -0.2) is 45.9 Å². The number of ether oxygens (including phenoxy) is 2. The van der Waals surface area contributed by atoms with E-state index in [9.17, 15) is 8.42 Å². The van der Waals surface area contributed by atoms with Crippen LogP contribution in [0.3, 0.4) is 0 Å². The molecule has 3 aromatic rings. The van der Waals surface area contributed by atoms with Crippen LogP contribution in [0.25, 0.3) is 0 Å². The van der Waals surface area contributed by atoms with Crippen molar-refractivity contribution in [1.29, 1.82) is 0 Å². The Balaban J connectivity index is 1.48. The number of methoxy groups -OCH3 is 2. The molecular formula is C22H25N5O4S. The first-order valence-electron chi connectivity index (χ1n) is 10.2. The molecule has 0 radical (unpaired) electrons. The van der Waals surface area contributed by atoms with Crippen molar-refractivity contribution in [2.45, 2.75) is 17.7 Å². The molecule has 1 aliphatic heterocycles. The summed E-state index contributed by atoms with van der Waals surface area (Å²) in [5, 5.41) is 11.4. The van der Waals surface area contributed by atoms with Crippen LogP contribution in [0.4, 0.5) is 22.9 Å². The molecule has 0 aliphatic carbocycles. The Bertz CT molecular complexity index is 1180. The fraction of sp³-hybridized carbons (Fsp3) is 0.273. The molecule has 2 heterocycles. The molecule has 0 atom stereocenters. The van der Waals surface area contributed by atoms with E-state index in [4.69, 9.17) is 9.47 Å². The smallest absolute Gasteiger partial charge is 0.265 e. The fourth-order valence-electron chi connectivity index (χ4n) is 3.54. The first-order valence-corrected chi connectivity index (χ1v) is 11.7. The normalized spacial score (nSPS) is 13.6. The largest absolute Gasteiger partial charge is 0.497 e. The SMILES string of the molecule is COc1ccc(OC)c(S(=O)(=O)Nc2ccc(Nc3cc(N4CCCC4)cnn3)cc2)c1. The maximum Gasteiger partial charge on any atom is 0.265 e. The quantitative estimate of drug-likeness (QED) is 0.530. The van der Waals surface area contributed by atoms with Crippen molar-refractivity contribution < 1.29 is 17.9 Å². The molecule has 168 valence electrons. The van der Waals surface area contributed by atoms with Crippen molar-refractivity contribution in [3.8, 4) is 11.5 Å². The second-order valence-corrected chi connectivity index (χ2v) is 8.97. The van der Waals surface area contributed by atoms with Crippen LogP contribution in [0, 0.1) is 0 Å². The molecule has 1 fully saturated rings. The Hall–Kier alpha value is -3.53. The Morgan fingerprint density at radius 2 is 1.66 bits per heavy atom. The van der Waals surface area contributed by atoms with E-state index < -0.39 is 10.0 Å². The first kappa shape index (κ1) is 21.7. The lowest BCUT2D eigenvalue weighted by Gasteiger charge is -2.17. The van der Waals surface area contributed by atoms with E-state index in [1.165, 1.54) is 33.1 Å². The van der Waals surface area contributed by atoms with Crippen LogP contribution in [0.2, 0.25) is 0 Å². The lowest BCUT2D eigenvalue weighted by Crippen LogP contribution is -2.18. The van der Waals surface area contributed by atoms with Gasteiger partial charge in [0.15, 0.2) is 5.82 Å². The molecule has 9 nitrogen and oxygen atoms in total. The summed E-state index contributed by atoms with van der Waals surface area (Å²) < 4.78 is 38.7. The van der Waals surface area contributed by atoms with Crippen molar-refractivity contribution in [3.63, 3.8) is 0 Å². The topological polar surface area (TPSA) is 106 Å². The van der Waals surface area contributed by atoms with Gasteiger partial charge in [0.25, 0.3) is 10.0 Å². The predicted octanol–water partition coefficient (Wildman–Crippen LogP) is 3.64. The molecule has 1 aliphatic rings. The van der Waals surface area contributed by atoms with E-state index in [0.29, 0.717) is 17.3 Å². The van der Waals surface area contributed by atoms with Gasteiger partial charge in [-0.05, 0) is 49.2 Å². The zero-order chi connectivity index (χ0) is 22.6.